The molecule has 0 spiro atoms. The lowest BCUT2D eigenvalue weighted by Crippen LogP contribution is -2.38. The van der Waals surface area contributed by atoms with Crippen LogP contribution in [-0.4, -0.2) is 29.2 Å². The van der Waals surface area contributed by atoms with Gasteiger partial charge >= 0.3 is 0 Å². The van der Waals surface area contributed by atoms with Gasteiger partial charge in [0.15, 0.2) is 5.96 Å². The van der Waals surface area contributed by atoms with E-state index in [1.54, 1.807) is 30.3 Å². The molecule has 0 atom stereocenters. The summed E-state index contributed by atoms with van der Waals surface area (Å²) in [5.74, 6) is 1.38. The van der Waals surface area contributed by atoms with E-state index in [0.717, 1.165) is 5.56 Å². The van der Waals surface area contributed by atoms with Gasteiger partial charge in [-0.25, -0.2) is 9.38 Å². The second-order valence-electron chi connectivity index (χ2n) is 5.98. The van der Waals surface area contributed by atoms with Crippen molar-refractivity contribution >= 4 is 17.6 Å². The number of nitrogens with zero attached hydrogens (tertiary/aromatic N) is 3. The van der Waals surface area contributed by atoms with Crippen LogP contribution in [0.3, 0.4) is 0 Å². The smallest absolute Gasteiger partial charge is 0.228 e. The maximum absolute atomic E-state index is 13.7. The zero-order valence-corrected chi connectivity index (χ0v) is 16.2. The second-order valence-corrected chi connectivity index (χ2v) is 6.42. The number of halogens is 2. The second kappa shape index (κ2) is 9.85. The lowest BCUT2D eigenvalue weighted by molar-refractivity contribution is 0.378. The molecule has 0 amide bonds. The standard InChI is InChI=1S/C20H21ClFN5O/c1-2-23-20(25-13-15-5-3-4-6-17(15)22)24-12-11-18-26-19(27-28-18)14-7-9-16(21)10-8-14/h3-10H,2,11-13H2,1H3,(H2,23,24,25). The van der Waals surface area contributed by atoms with E-state index < -0.39 is 0 Å². The van der Waals surface area contributed by atoms with Crippen LogP contribution in [0.4, 0.5) is 4.39 Å². The Morgan fingerprint density at radius 3 is 2.68 bits per heavy atom. The van der Waals surface area contributed by atoms with Crippen molar-refractivity contribution in [3.8, 4) is 11.4 Å². The van der Waals surface area contributed by atoms with E-state index in [1.165, 1.54) is 6.07 Å². The topological polar surface area (TPSA) is 75.3 Å². The molecule has 1 aromatic heterocycles. The highest BCUT2D eigenvalue weighted by Crippen LogP contribution is 2.18. The average molecular weight is 402 g/mol. The monoisotopic (exact) mass is 401 g/mol. The molecule has 146 valence electrons. The fraction of sp³-hybridized carbons (Fsp3) is 0.250. The van der Waals surface area contributed by atoms with Crippen LogP contribution in [0, 0.1) is 5.82 Å². The summed E-state index contributed by atoms with van der Waals surface area (Å²) in [6.45, 7) is 3.47. The summed E-state index contributed by atoms with van der Waals surface area (Å²) in [6.07, 6.45) is 0.532. The van der Waals surface area contributed by atoms with Crippen molar-refractivity contribution in [1.82, 2.24) is 20.8 Å². The largest absolute Gasteiger partial charge is 0.357 e. The minimum Gasteiger partial charge on any atom is -0.357 e. The summed E-state index contributed by atoms with van der Waals surface area (Å²) in [6, 6.07) is 13.9. The zero-order chi connectivity index (χ0) is 19.8. The maximum atomic E-state index is 13.7. The molecular weight excluding hydrogens is 381 g/mol. The van der Waals surface area contributed by atoms with Crippen molar-refractivity contribution in [3.05, 3.63) is 70.8 Å². The molecule has 0 fully saturated rings. The molecule has 0 unspecified atom stereocenters. The van der Waals surface area contributed by atoms with Crippen LogP contribution in [0.2, 0.25) is 5.02 Å². The highest BCUT2D eigenvalue weighted by Gasteiger charge is 2.09. The number of hydrogen-bond acceptors (Lipinski definition) is 4. The van der Waals surface area contributed by atoms with Gasteiger partial charge in [0.25, 0.3) is 0 Å². The molecule has 3 rings (SSSR count). The minimum atomic E-state index is -0.261. The van der Waals surface area contributed by atoms with Crippen LogP contribution in [-0.2, 0) is 13.0 Å². The Balaban J connectivity index is 1.55. The highest BCUT2D eigenvalue weighted by molar-refractivity contribution is 6.30. The van der Waals surface area contributed by atoms with Crippen LogP contribution >= 0.6 is 11.6 Å². The van der Waals surface area contributed by atoms with Gasteiger partial charge < -0.3 is 15.2 Å². The molecule has 0 saturated carbocycles. The third-order valence-electron chi connectivity index (χ3n) is 3.91. The molecule has 2 N–H and O–H groups in total. The number of rotatable bonds is 7. The Morgan fingerprint density at radius 1 is 1.14 bits per heavy atom. The molecule has 0 saturated heterocycles. The first-order chi connectivity index (χ1) is 13.7. The molecule has 0 radical (unpaired) electrons. The van der Waals surface area contributed by atoms with Crippen LogP contribution in [0.15, 0.2) is 58.0 Å². The van der Waals surface area contributed by atoms with Crippen molar-refractivity contribution in [3.63, 3.8) is 0 Å². The predicted octanol–water partition coefficient (Wildman–Crippen LogP) is 3.83. The number of aromatic nitrogens is 2. The fourth-order valence-electron chi connectivity index (χ4n) is 2.49. The van der Waals surface area contributed by atoms with E-state index in [4.69, 9.17) is 16.1 Å². The number of nitrogens with one attached hydrogen (secondary N) is 2. The quantitative estimate of drug-likeness (QED) is 0.465. The van der Waals surface area contributed by atoms with E-state index in [1.807, 2.05) is 19.1 Å². The third kappa shape index (κ3) is 5.53. The lowest BCUT2D eigenvalue weighted by atomic mass is 10.2. The molecule has 0 aliphatic rings. The van der Waals surface area contributed by atoms with Gasteiger partial charge in [0, 0.05) is 35.7 Å². The molecule has 0 aliphatic carbocycles. The average Bonchev–Trinajstić information content (AvgIpc) is 3.16. The number of guanidine groups is 1. The van der Waals surface area contributed by atoms with Crippen molar-refractivity contribution < 1.29 is 8.91 Å². The molecular formula is C20H21ClFN5O. The summed E-state index contributed by atoms with van der Waals surface area (Å²) in [5.41, 5.74) is 1.39. The maximum Gasteiger partial charge on any atom is 0.228 e. The van der Waals surface area contributed by atoms with Gasteiger partial charge in [-0.05, 0) is 37.3 Å². The van der Waals surface area contributed by atoms with Crippen LogP contribution in [0.25, 0.3) is 11.4 Å². The molecule has 0 bridgehead atoms. The summed E-state index contributed by atoms with van der Waals surface area (Å²) in [7, 11) is 0. The number of benzene rings is 2. The van der Waals surface area contributed by atoms with Crippen molar-refractivity contribution in [2.24, 2.45) is 4.99 Å². The van der Waals surface area contributed by atoms with Gasteiger partial charge in [-0.15, -0.1) is 0 Å². The predicted molar refractivity (Wildman–Crippen MR) is 108 cm³/mol. The van der Waals surface area contributed by atoms with Crippen LogP contribution in [0.5, 0.6) is 0 Å². The molecule has 0 aliphatic heterocycles. The van der Waals surface area contributed by atoms with Gasteiger partial charge in [0.2, 0.25) is 11.7 Å². The molecule has 6 nitrogen and oxygen atoms in total. The first-order valence-electron chi connectivity index (χ1n) is 9.00. The van der Waals surface area contributed by atoms with Crippen LogP contribution < -0.4 is 10.6 Å². The Kier molecular flexibility index (Phi) is 6.97. The normalized spacial score (nSPS) is 11.5. The van der Waals surface area contributed by atoms with E-state index in [2.05, 4.69) is 25.8 Å². The fourth-order valence-corrected chi connectivity index (χ4v) is 2.62. The van der Waals surface area contributed by atoms with Gasteiger partial charge in [0.05, 0.1) is 6.54 Å². The minimum absolute atomic E-state index is 0.253. The van der Waals surface area contributed by atoms with E-state index in [9.17, 15) is 4.39 Å². The summed E-state index contributed by atoms with van der Waals surface area (Å²) < 4.78 is 19.0. The van der Waals surface area contributed by atoms with Crippen molar-refractivity contribution in [1.29, 1.82) is 0 Å². The van der Waals surface area contributed by atoms with E-state index in [-0.39, 0.29) is 12.4 Å². The summed E-state index contributed by atoms with van der Waals surface area (Å²) >= 11 is 5.89. The van der Waals surface area contributed by atoms with Crippen molar-refractivity contribution in [2.45, 2.75) is 19.9 Å². The Hall–Kier alpha value is -2.93. The van der Waals surface area contributed by atoms with E-state index in [0.29, 0.717) is 47.8 Å². The van der Waals surface area contributed by atoms with Gasteiger partial charge in [0.1, 0.15) is 5.82 Å². The lowest BCUT2D eigenvalue weighted by Gasteiger charge is -2.10. The molecule has 8 heteroatoms. The van der Waals surface area contributed by atoms with E-state index >= 15 is 0 Å². The first-order valence-corrected chi connectivity index (χ1v) is 9.37. The number of hydrogen-bond donors (Lipinski definition) is 2. The Bertz CT molecular complexity index is 926. The van der Waals surface area contributed by atoms with Crippen molar-refractivity contribution in [2.75, 3.05) is 13.1 Å². The third-order valence-corrected chi connectivity index (χ3v) is 4.16. The highest BCUT2D eigenvalue weighted by atomic mass is 35.5. The summed E-state index contributed by atoms with van der Waals surface area (Å²) in [5, 5.41) is 11.0. The summed E-state index contributed by atoms with van der Waals surface area (Å²) in [4.78, 5) is 8.80. The van der Waals surface area contributed by atoms with Gasteiger partial charge in [-0.3, -0.25) is 0 Å². The van der Waals surface area contributed by atoms with Crippen LogP contribution in [0.1, 0.15) is 18.4 Å². The zero-order valence-electron chi connectivity index (χ0n) is 15.5. The molecule has 3 aromatic rings. The number of aliphatic imine (C=N–C) groups is 1. The first kappa shape index (κ1) is 19.8. The van der Waals surface area contributed by atoms with Gasteiger partial charge in [-0.1, -0.05) is 35.0 Å². The molecule has 2 aromatic carbocycles. The molecule has 28 heavy (non-hydrogen) atoms. The van der Waals surface area contributed by atoms with Gasteiger partial charge in [-0.2, -0.15) is 4.98 Å². The SMILES string of the molecule is CCNC(=NCc1ccccc1F)NCCc1nc(-c2ccc(Cl)cc2)no1. The Morgan fingerprint density at radius 2 is 1.93 bits per heavy atom. The Labute approximate surface area is 167 Å². The molecule has 1 heterocycles.